The van der Waals surface area contributed by atoms with Crippen LogP contribution in [0.1, 0.15) is 42.7 Å². The Hall–Kier alpha value is -0.580. The smallest absolute Gasteiger partial charge is 0.0540 e. The minimum Gasteiger partial charge on any atom is -0.393 e. The maximum Gasteiger partial charge on any atom is 0.0540 e. The fourth-order valence-corrected chi connectivity index (χ4v) is 4.12. The largest absolute Gasteiger partial charge is 0.393 e. The monoisotopic (exact) mass is 386 g/mol. The first-order valence-electron chi connectivity index (χ1n) is 9.10. The molecule has 1 aromatic carbocycles. The van der Waals surface area contributed by atoms with E-state index in [1.54, 1.807) is 0 Å². The molecule has 1 saturated heterocycles. The highest BCUT2D eigenvalue weighted by molar-refractivity contribution is 5.85. The topological polar surface area (TPSA) is 35.5 Å². The summed E-state index contributed by atoms with van der Waals surface area (Å²) in [6.07, 6.45) is 6.08. The maximum absolute atomic E-state index is 9.85. The first-order valence-corrected chi connectivity index (χ1v) is 9.10. The first kappa shape index (κ1) is 22.5. The molecule has 2 fully saturated rings. The van der Waals surface area contributed by atoms with Crippen LogP contribution in [0.25, 0.3) is 6.08 Å². The van der Waals surface area contributed by atoms with Crippen molar-refractivity contribution in [3.05, 3.63) is 42.0 Å². The molecule has 1 aliphatic heterocycles. The quantitative estimate of drug-likeness (QED) is 0.809. The predicted octanol–water partition coefficient (Wildman–Crippen LogP) is 3.71. The van der Waals surface area contributed by atoms with E-state index in [0.29, 0.717) is 11.8 Å². The third kappa shape index (κ3) is 6.26. The number of nitrogens with one attached hydrogen (secondary N) is 1. The van der Waals surface area contributed by atoms with E-state index in [0.717, 1.165) is 58.4 Å². The Morgan fingerprint density at radius 1 is 1.16 bits per heavy atom. The van der Waals surface area contributed by atoms with Crippen molar-refractivity contribution in [1.29, 1.82) is 0 Å². The zero-order chi connectivity index (χ0) is 16.1. The lowest BCUT2D eigenvalue weighted by molar-refractivity contribution is 0.0932. The summed E-state index contributed by atoms with van der Waals surface area (Å²) in [5.74, 6) is 1.26. The van der Waals surface area contributed by atoms with Gasteiger partial charge in [-0.25, -0.2) is 0 Å². The van der Waals surface area contributed by atoms with Crippen LogP contribution in [-0.4, -0.2) is 48.8 Å². The number of hydrogen-bond donors (Lipinski definition) is 2. The number of aliphatic hydroxyl groups excluding tert-OH is 1. The normalized spacial score (nSPS) is 25.3. The predicted molar refractivity (Wildman–Crippen MR) is 111 cm³/mol. The summed E-state index contributed by atoms with van der Waals surface area (Å²) in [6.45, 7) is 9.55. The molecule has 2 N–H and O–H groups in total. The Labute approximate surface area is 164 Å². The van der Waals surface area contributed by atoms with Crippen LogP contribution in [-0.2, 0) is 0 Å². The van der Waals surface area contributed by atoms with Gasteiger partial charge in [0.25, 0.3) is 0 Å². The molecule has 0 aromatic heterocycles. The summed E-state index contributed by atoms with van der Waals surface area (Å²) in [7, 11) is 0. The molecule has 3 nitrogen and oxygen atoms in total. The highest BCUT2D eigenvalue weighted by Crippen LogP contribution is 2.37. The molecule has 1 saturated carbocycles. The van der Waals surface area contributed by atoms with E-state index in [1.165, 1.54) is 11.1 Å². The zero-order valence-corrected chi connectivity index (χ0v) is 16.5. The van der Waals surface area contributed by atoms with Crippen molar-refractivity contribution < 1.29 is 5.11 Å². The van der Waals surface area contributed by atoms with E-state index in [1.807, 2.05) is 6.08 Å². The summed E-state index contributed by atoms with van der Waals surface area (Å²) < 4.78 is 0. The molecule has 1 aromatic rings. The van der Waals surface area contributed by atoms with Crippen LogP contribution in [0.15, 0.2) is 30.8 Å². The summed E-state index contributed by atoms with van der Waals surface area (Å²) in [6, 6.07) is 8.88. The number of halogens is 2. The van der Waals surface area contributed by atoms with E-state index in [-0.39, 0.29) is 30.9 Å². The Morgan fingerprint density at radius 3 is 2.48 bits per heavy atom. The van der Waals surface area contributed by atoms with Gasteiger partial charge >= 0.3 is 0 Å². The molecule has 142 valence electrons. The third-order valence-electron chi connectivity index (χ3n) is 5.55. The summed E-state index contributed by atoms with van der Waals surface area (Å²) in [5.41, 5.74) is 2.66. The first-order chi connectivity index (χ1) is 11.3. The highest BCUT2D eigenvalue weighted by atomic mass is 35.5. The zero-order valence-electron chi connectivity index (χ0n) is 14.9. The van der Waals surface area contributed by atoms with E-state index in [2.05, 4.69) is 41.1 Å². The van der Waals surface area contributed by atoms with Crippen molar-refractivity contribution in [2.75, 3.05) is 32.7 Å². The minimum atomic E-state index is -0.0782. The number of nitrogens with zero attached hydrogens (tertiary/aromatic N) is 1. The van der Waals surface area contributed by atoms with Crippen LogP contribution in [0, 0.1) is 5.92 Å². The Morgan fingerprint density at radius 2 is 1.84 bits per heavy atom. The highest BCUT2D eigenvalue weighted by Gasteiger charge is 2.29. The molecule has 5 heteroatoms. The van der Waals surface area contributed by atoms with Gasteiger partial charge in [-0.1, -0.05) is 36.9 Å². The van der Waals surface area contributed by atoms with Gasteiger partial charge in [0.1, 0.15) is 0 Å². The van der Waals surface area contributed by atoms with Crippen molar-refractivity contribution in [3.63, 3.8) is 0 Å². The lowest BCUT2D eigenvalue weighted by Crippen LogP contribution is -2.46. The Bertz CT molecular complexity index is 512. The van der Waals surface area contributed by atoms with Crippen LogP contribution in [0.3, 0.4) is 0 Å². The molecular formula is C20H32Cl2N2O. The van der Waals surface area contributed by atoms with Crippen molar-refractivity contribution in [2.45, 2.75) is 37.7 Å². The molecule has 1 unspecified atom stereocenters. The van der Waals surface area contributed by atoms with E-state index in [9.17, 15) is 5.11 Å². The molecule has 2 aliphatic rings. The number of hydrogen-bond acceptors (Lipinski definition) is 3. The van der Waals surface area contributed by atoms with Gasteiger partial charge in [0.05, 0.1) is 6.10 Å². The fourth-order valence-electron chi connectivity index (χ4n) is 4.12. The van der Waals surface area contributed by atoms with Gasteiger partial charge in [-0.15, -0.1) is 24.8 Å². The second kappa shape index (κ2) is 11.2. The molecule has 3 rings (SSSR count). The summed E-state index contributed by atoms with van der Waals surface area (Å²) >= 11 is 0. The van der Waals surface area contributed by atoms with E-state index in [4.69, 9.17) is 0 Å². The summed E-state index contributed by atoms with van der Waals surface area (Å²) in [5, 5.41) is 13.3. The van der Waals surface area contributed by atoms with Crippen LogP contribution >= 0.6 is 24.8 Å². The van der Waals surface area contributed by atoms with Crippen LogP contribution in [0.2, 0.25) is 0 Å². The molecular weight excluding hydrogens is 355 g/mol. The Balaban J connectivity index is 0.00000156. The second-order valence-electron chi connectivity index (χ2n) is 7.10. The van der Waals surface area contributed by atoms with Crippen LogP contribution in [0.4, 0.5) is 0 Å². The molecule has 25 heavy (non-hydrogen) atoms. The van der Waals surface area contributed by atoms with Crippen LogP contribution < -0.4 is 5.32 Å². The summed E-state index contributed by atoms with van der Waals surface area (Å²) in [4.78, 5) is 2.60. The molecule has 0 radical (unpaired) electrons. The van der Waals surface area contributed by atoms with Gasteiger partial charge in [0.2, 0.25) is 0 Å². The van der Waals surface area contributed by atoms with Crippen molar-refractivity contribution >= 4 is 30.9 Å². The molecule has 0 bridgehead atoms. The lowest BCUT2D eigenvalue weighted by Gasteiger charge is -2.37. The molecule has 0 amide bonds. The van der Waals surface area contributed by atoms with Gasteiger partial charge in [-0.05, 0) is 48.6 Å². The van der Waals surface area contributed by atoms with E-state index >= 15 is 0 Å². The Kier molecular flexibility index (Phi) is 10.1. The number of rotatable bonds is 5. The van der Waals surface area contributed by atoms with Crippen molar-refractivity contribution in [1.82, 2.24) is 10.2 Å². The standard InChI is InChI=1S/C20H30N2O.2ClH/c1-2-16-4-3-5-18(14-16)20(15-22-12-10-21-11-13-22)17-6-8-19(23)9-7-17;;/h2-5,14,17,19-21,23H,1,6-13,15H2;2*1H. The van der Waals surface area contributed by atoms with E-state index < -0.39 is 0 Å². The van der Waals surface area contributed by atoms with Gasteiger partial charge < -0.3 is 15.3 Å². The van der Waals surface area contributed by atoms with Gasteiger partial charge in [-0.3, -0.25) is 0 Å². The van der Waals surface area contributed by atoms with Crippen molar-refractivity contribution in [2.24, 2.45) is 5.92 Å². The molecule has 1 atom stereocenters. The lowest BCUT2D eigenvalue weighted by atomic mass is 9.75. The SMILES string of the molecule is C=Cc1cccc(C(CN2CCNCC2)C2CCC(O)CC2)c1.Cl.Cl. The van der Waals surface area contributed by atoms with Gasteiger partial charge in [0, 0.05) is 32.7 Å². The number of aliphatic hydroxyl groups is 1. The molecule has 1 aliphatic carbocycles. The molecule has 0 spiro atoms. The minimum absolute atomic E-state index is 0. The maximum atomic E-state index is 9.85. The van der Waals surface area contributed by atoms with Gasteiger partial charge in [-0.2, -0.15) is 0 Å². The second-order valence-corrected chi connectivity index (χ2v) is 7.10. The van der Waals surface area contributed by atoms with Crippen molar-refractivity contribution in [3.8, 4) is 0 Å². The average Bonchev–Trinajstić information content (AvgIpc) is 2.61. The van der Waals surface area contributed by atoms with Gasteiger partial charge in [0.15, 0.2) is 0 Å². The molecule has 1 heterocycles. The number of benzene rings is 1. The van der Waals surface area contributed by atoms with Crippen LogP contribution in [0.5, 0.6) is 0 Å². The fraction of sp³-hybridized carbons (Fsp3) is 0.600. The average molecular weight is 387 g/mol. The third-order valence-corrected chi connectivity index (χ3v) is 5.55. The number of piperazine rings is 1.